The van der Waals surface area contributed by atoms with E-state index in [0.29, 0.717) is 5.69 Å². The van der Waals surface area contributed by atoms with Gasteiger partial charge in [0.15, 0.2) is 0 Å². The SMILES string of the molecule is CC(NC(=O)c1c(Nc2cccc(Br)c2)c2ccccc2n1C)c1ccc(C(=O)O)cc1. The average molecular weight is 492 g/mol. The Kier molecular flexibility index (Phi) is 6.01. The van der Waals surface area contributed by atoms with Crippen LogP contribution in [-0.2, 0) is 7.05 Å². The van der Waals surface area contributed by atoms with E-state index >= 15 is 0 Å². The van der Waals surface area contributed by atoms with E-state index in [9.17, 15) is 9.59 Å². The van der Waals surface area contributed by atoms with Gasteiger partial charge in [-0.3, -0.25) is 4.79 Å². The maximum absolute atomic E-state index is 13.4. The maximum atomic E-state index is 13.4. The summed E-state index contributed by atoms with van der Waals surface area (Å²) in [5.74, 6) is -1.21. The van der Waals surface area contributed by atoms with Gasteiger partial charge in [0.05, 0.1) is 22.8 Å². The molecular formula is C25H22BrN3O3. The summed E-state index contributed by atoms with van der Waals surface area (Å²) in [7, 11) is 1.87. The Balaban J connectivity index is 1.68. The number of carboxylic acids is 1. The van der Waals surface area contributed by atoms with Crippen molar-refractivity contribution in [2.45, 2.75) is 13.0 Å². The second kappa shape index (κ2) is 8.88. The van der Waals surface area contributed by atoms with Crippen molar-refractivity contribution in [1.82, 2.24) is 9.88 Å². The molecule has 7 heteroatoms. The van der Waals surface area contributed by atoms with E-state index in [1.165, 1.54) is 12.1 Å². The van der Waals surface area contributed by atoms with Crippen LogP contribution in [0.1, 0.15) is 39.4 Å². The molecule has 0 radical (unpaired) electrons. The predicted octanol–water partition coefficient (Wildman–Crippen LogP) is 5.87. The average Bonchev–Trinajstić information content (AvgIpc) is 3.05. The maximum Gasteiger partial charge on any atom is 0.335 e. The summed E-state index contributed by atoms with van der Waals surface area (Å²) in [6.45, 7) is 1.87. The molecule has 0 aliphatic rings. The Hall–Kier alpha value is -3.58. The lowest BCUT2D eigenvalue weighted by Crippen LogP contribution is -2.29. The molecule has 3 N–H and O–H groups in total. The number of nitrogens with one attached hydrogen (secondary N) is 2. The molecule has 4 rings (SSSR count). The number of rotatable bonds is 6. The van der Waals surface area contributed by atoms with Crippen LogP contribution in [-0.4, -0.2) is 21.6 Å². The number of aromatic nitrogens is 1. The fourth-order valence-electron chi connectivity index (χ4n) is 3.76. The van der Waals surface area contributed by atoms with E-state index in [1.54, 1.807) is 12.1 Å². The van der Waals surface area contributed by atoms with E-state index in [0.717, 1.165) is 32.3 Å². The Morgan fingerprint density at radius 3 is 2.41 bits per heavy atom. The molecule has 0 saturated heterocycles. The first-order valence-corrected chi connectivity index (χ1v) is 10.9. The summed E-state index contributed by atoms with van der Waals surface area (Å²) in [6.07, 6.45) is 0. The van der Waals surface area contributed by atoms with Crippen molar-refractivity contribution in [2.75, 3.05) is 5.32 Å². The van der Waals surface area contributed by atoms with Gasteiger partial charge in [0, 0.05) is 22.6 Å². The van der Waals surface area contributed by atoms with E-state index in [1.807, 2.05) is 67.1 Å². The number of amides is 1. The molecular weight excluding hydrogens is 470 g/mol. The fourth-order valence-corrected chi connectivity index (χ4v) is 4.16. The van der Waals surface area contributed by atoms with Crippen LogP contribution in [0.5, 0.6) is 0 Å². The molecule has 6 nitrogen and oxygen atoms in total. The molecule has 0 spiro atoms. The van der Waals surface area contributed by atoms with Crippen molar-refractivity contribution in [3.8, 4) is 0 Å². The normalized spacial score (nSPS) is 11.8. The van der Waals surface area contributed by atoms with Gasteiger partial charge < -0.3 is 20.3 Å². The van der Waals surface area contributed by atoms with Gasteiger partial charge in [-0.25, -0.2) is 4.79 Å². The largest absolute Gasteiger partial charge is 0.478 e. The number of para-hydroxylation sites is 1. The first-order chi connectivity index (χ1) is 15.3. The van der Waals surface area contributed by atoms with Crippen LogP contribution in [0, 0.1) is 0 Å². The minimum Gasteiger partial charge on any atom is -0.478 e. The van der Waals surface area contributed by atoms with Crippen LogP contribution in [0.2, 0.25) is 0 Å². The number of aromatic carboxylic acids is 1. The number of hydrogen-bond donors (Lipinski definition) is 3. The summed E-state index contributed by atoms with van der Waals surface area (Å²) < 4.78 is 2.82. The van der Waals surface area contributed by atoms with Gasteiger partial charge in [0.1, 0.15) is 5.69 Å². The Labute approximate surface area is 194 Å². The molecule has 162 valence electrons. The summed E-state index contributed by atoms with van der Waals surface area (Å²) in [5, 5.41) is 16.5. The number of hydrogen-bond acceptors (Lipinski definition) is 3. The van der Waals surface area contributed by atoms with Gasteiger partial charge in [-0.05, 0) is 48.9 Å². The van der Waals surface area contributed by atoms with Gasteiger partial charge in [-0.2, -0.15) is 0 Å². The van der Waals surface area contributed by atoms with E-state index in [-0.39, 0.29) is 17.5 Å². The Morgan fingerprint density at radius 1 is 1.00 bits per heavy atom. The smallest absolute Gasteiger partial charge is 0.335 e. The molecule has 0 aliphatic carbocycles. The number of carbonyl (C=O) groups is 2. The Morgan fingerprint density at radius 2 is 1.72 bits per heavy atom. The van der Waals surface area contributed by atoms with Crippen LogP contribution in [0.4, 0.5) is 11.4 Å². The van der Waals surface area contributed by atoms with E-state index in [2.05, 4.69) is 26.6 Å². The van der Waals surface area contributed by atoms with Crippen molar-refractivity contribution in [2.24, 2.45) is 7.05 Å². The molecule has 1 heterocycles. The highest BCUT2D eigenvalue weighted by molar-refractivity contribution is 9.10. The van der Waals surface area contributed by atoms with Crippen LogP contribution < -0.4 is 10.6 Å². The summed E-state index contributed by atoms with van der Waals surface area (Å²) >= 11 is 3.49. The topological polar surface area (TPSA) is 83.4 Å². The molecule has 1 aromatic heterocycles. The number of carbonyl (C=O) groups excluding carboxylic acids is 1. The quantitative estimate of drug-likeness (QED) is 0.314. The van der Waals surface area contributed by atoms with Crippen molar-refractivity contribution in [3.05, 3.63) is 94.1 Å². The number of fused-ring (bicyclic) bond motifs is 1. The van der Waals surface area contributed by atoms with Gasteiger partial charge >= 0.3 is 5.97 Å². The number of nitrogens with zero attached hydrogens (tertiary/aromatic N) is 1. The zero-order chi connectivity index (χ0) is 22.8. The third-order valence-electron chi connectivity index (χ3n) is 5.42. The highest BCUT2D eigenvalue weighted by Gasteiger charge is 2.23. The van der Waals surface area contributed by atoms with Crippen molar-refractivity contribution in [1.29, 1.82) is 0 Å². The van der Waals surface area contributed by atoms with Gasteiger partial charge in [0.2, 0.25) is 0 Å². The number of halogens is 1. The second-order valence-corrected chi connectivity index (χ2v) is 8.47. The highest BCUT2D eigenvalue weighted by atomic mass is 79.9. The monoisotopic (exact) mass is 491 g/mol. The van der Waals surface area contributed by atoms with Crippen LogP contribution in [0.15, 0.2) is 77.3 Å². The molecule has 0 aliphatic heterocycles. The van der Waals surface area contributed by atoms with Crippen LogP contribution >= 0.6 is 15.9 Å². The number of carboxylic acid groups (broad SMARTS) is 1. The summed E-state index contributed by atoms with van der Waals surface area (Å²) in [5.41, 5.74) is 4.08. The van der Waals surface area contributed by atoms with Gasteiger partial charge in [-0.15, -0.1) is 0 Å². The molecule has 32 heavy (non-hydrogen) atoms. The minimum absolute atomic E-state index is 0.210. The number of aryl methyl sites for hydroxylation is 1. The highest BCUT2D eigenvalue weighted by Crippen LogP contribution is 2.33. The second-order valence-electron chi connectivity index (χ2n) is 7.56. The molecule has 1 amide bonds. The fraction of sp³-hybridized carbons (Fsp3) is 0.120. The lowest BCUT2D eigenvalue weighted by Gasteiger charge is -2.16. The van der Waals surface area contributed by atoms with E-state index in [4.69, 9.17) is 5.11 Å². The lowest BCUT2D eigenvalue weighted by molar-refractivity contribution is 0.0696. The van der Waals surface area contributed by atoms with Crippen molar-refractivity contribution in [3.63, 3.8) is 0 Å². The number of benzene rings is 3. The van der Waals surface area contributed by atoms with Gasteiger partial charge in [0.25, 0.3) is 5.91 Å². The first-order valence-electron chi connectivity index (χ1n) is 10.1. The standard InChI is InChI=1S/C25H22BrN3O3/c1-15(16-10-12-17(13-11-16)25(31)32)27-24(30)23-22(28-19-7-5-6-18(26)14-19)20-8-3-4-9-21(20)29(23)2/h3-15,28H,1-2H3,(H,27,30)(H,31,32). The summed E-state index contributed by atoms with van der Waals surface area (Å²) in [4.78, 5) is 24.5. The van der Waals surface area contributed by atoms with Crippen molar-refractivity contribution >= 4 is 50.1 Å². The molecule has 0 saturated carbocycles. The summed E-state index contributed by atoms with van der Waals surface area (Å²) in [6, 6.07) is 21.8. The molecule has 3 aromatic carbocycles. The lowest BCUT2D eigenvalue weighted by atomic mass is 10.1. The molecule has 4 aromatic rings. The molecule has 1 atom stereocenters. The van der Waals surface area contributed by atoms with Gasteiger partial charge in [-0.1, -0.05) is 52.3 Å². The predicted molar refractivity (Wildman–Crippen MR) is 130 cm³/mol. The molecule has 0 fully saturated rings. The van der Waals surface area contributed by atoms with Crippen molar-refractivity contribution < 1.29 is 14.7 Å². The molecule has 1 unspecified atom stereocenters. The zero-order valence-corrected chi connectivity index (χ0v) is 19.2. The van der Waals surface area contributed by atoms with Crippen LogP contribution in [0.25, 0.3) is 10.9 Å². The van der Waals surface area contributed by atoms with Crippen LogP contribution in [0.3, 0.4) is 0 Å². The van der Waals surface area contributed by atoms with E-state index < -0.39 is 5.97 Å². The number of anilines is 2. The minimum atomic E-state index is -0.980. The third-order valence-corrected chi connectivity index (χ3v) is 5.91. The first kappa shape index (κ1) is 21.6. The Bertz CT molecular complexity index is 1310. The molecule has 0 bridgehead atoms. The zero-order valence-electron chi connectivity index (χ0n) is 17.6. The third kappa shape index (κ3) is 4.24.